The summed E-state index contributed by atoms with van der Waals surface area (Å²) in [4.78, 5) is 22.1. The van der Waals surface area contributed by atoms with Crippen LogP contribution in [0.5, 0.6) is 11.5 Å². The van der Waals surface area contributed by atoms with Gasteiger partial charge in [0.1, 0.15) is 17.5 Å². The average molecular weight is 885 g/mol. The van der Waals surface area contributed by atoms with Crippen molar-refractivity contribution >= 4 is 62.3 Å². The van der Waals surface area contributed by atoms with E-state index in [1.54, 1.807) is 26.4 Å². The zero-order chi connectivity index (χ0) is 45.7. The Morgan fingerprint density at radius 3 is 2.21 bits per heavy atom. The summed E-state index contributed by atoms with van der Waals surface area (Å²) >= 11 is 0. The van der Waals surface area contributed by atoms with Gasteiger partial charge in [0.05, 0.1) is 25.3 Å². The van der Waals surface area contributed by atoms with E-state index in [1.165, 1.54) is 45.5 Å². The van der Waals surface area contributed by atoms with E-state index in [1.807, 2.05) is 67.7 Å². The number of rotatable bonds is 14. The molecule has 7 aromatic carbocycles. The highest BCUT2D eigenvalue weighted by Gasteiger charge is 2.27. The Morgan fingerprint density at radius 1 is 0.642 bits per heavy atom. The van der Waals surface area contributed by atoms with Gasteiger partial charge in [-0.2, -0.15) is 9.97 Å². The molecule has 0 fully saturated rings. The molecule has 11 heteroatoms. The summed E-state index contributed by atoms with van der Waals surface area (Å²) in [5.74, 6) is 3.50. The highest BCUT2D eigenvalue weighted by Crippen LogP contribution is 2.43. The Labute approximate surface area is 389 Å². The quantitative estimate of drug-likeness (QED) is 0.0976. The molecule has 0 saturated carbocycles. The molecule has 10 nitrogen and oxygen atoms in total. The fourth-order valence-corrected chi connectivity index (χ4v) is 8.88. The van der Waals surface area contributed by atoms with Gasteiger partial charge in [-0.15, -0.1) is 0 Å². The molecule has 0 saturated heterocycles. The second kappa shape index (κ2) is 19.0. The maximum absolute atomic E-state index is 13.8. The highest BCUT2D eigenvalue weighted by molar-refractivity contribution is 5.93. The molecule has 0 radical (unpaired) electrons. The number of ether oxygens (including phenoxy) is 2. The second-order valence-corrected chi connectivity index (χ2v) is 16.6. The molecule has 332 valence electrons. The van der Waals surface area contributed by atoms with Crippen molar-refractivity contribution in [2.45, 2.75) is 25.3 Å². The van der Waals surface area contributed by atoms with E-state index >= 15 is 0 Å². The van der Waals surface area contributed by atoms with E-state index in [4.69, 9.17) is 29.4 Å². The fourth-order valence-electron chi connectivity index (χ4n) is 8.88. The van der Waals surface area contributed by atoms with Crippen LogP contribution in [0.3, 0.4) is 0 Å². The second-order valence-electron chi connectivity index (χ2n) is 16.6. The lowest BCUT2D eigenvalue weighted by Crippen LogP contribution is -2.21. The van der Waals surface area contributed by atoms with Gasteiger partial charge < -0.3 is 30.3 Å². The van der Waals surface area contributed by atoms with Gasteiger partial charge in [0.25, 0.3) is 0 Å². The van der Waals surface area contributed by atoms with Gasteiger partial charge in [0.15, 0.2) is 11.5 Å². The van der Waals surface area contributed by atoms with Gasteiger partial charge in [0, 0.05) is 54.3 Å². The predicted octanol–water partition coefficient (Wildman–Crippen LogP) is 12.5. The number of halogens is 1. The number of hydrogen-bond acceptors (Lipinski definition) is 10. The zero-order valence-corrected chi connectivity index (χ0v) is 37.5. The van der Waals surface area contributed by atoms with Crippen LogP contribution in [0.2, 0.25) is 0 Å². The van der Waals surface area contributed by atoms with Crippen LogP contribution in [0.15, 0.2) is 170 Å². The Bertz CT molecular complexity index is 3250. The number of aromatic nitrogens is 4. The van der Waals surface area contributed by atoms with Crippen LogP contribution in [0.1, 0.15) is 45.7 Å². The van der Waals surface area contributed by atoms with Crippen molar-refractivity contribution in [3.8, 4) is 11.5 Å². The number of nitrogens with zero attached hydrogens (tertiary/aromatic N) is 5. The van der Waals surface area contributed by atoms with Crippen LogP contribution in [-0.4, -0.2) is 47.7 Å². The van der Waals surface area contributed by atoms with Crippen molar-refractivity contribution < 1.29 is 13.9 Å². The number of fused-ring (bicyclic) bond motifs is 4. The van der Waals surface area contributed by atoms with Crippen LogP contribution in [0.4, 0.5) is 39.3 Å². The Kier molecular flexibility index (Phi) is 12.1. The predicted molar refractivity (Wildman–Crippen MR) is 269 cm³/mol. The Hall–Kier alpha value is -8.31. The molecular formula is C56H49FN8O2. The topological polar surface area (TPSA) is 109 Å². The number of nitrogens with one attached hydrogen (secondary N) is 3. The lowest BCUT2D eigenvalue weighted by molar-refractivity contribution is 0.355. The van der Waals surface area contributed by atoms with Gasteiger partial charge >= 0.3 is 0 Å². The van der Waals surface area contributed by atoms with Crippen LogP contribution in [0.25, 0.3) is 27.4 Å². The first-order valence-electron chi connectivity index (χ1n) is 22.4. The van der Waals surface area contributed by atoms with Crippen molar-refractivity contribution in [3.63, 3.8) is 0 Å². The summed E-state index contributed by atoms with van der Waals surface area (Å²) in [6, 6.07) is 54.3. The molecule has 9 aromatic rings. The molecule has 0 aliphatic heterocycles. The third-order valence-corrected chi connectivity index (χ3v) is 12.3. The minimum atomic E-state index is -0.302. The molecular weight excluding hydrogens is 836 g/mol. The smallest absolute Gasteiger partial charge is 0.229 e. The molecule has 2 aromatic heterocycles. The van der Waals surface area contributed by atoms with E-state index in [0.29, 0.717) is 53.8 Å². The first-order chi connectivity index (χ1) is 32.9. The van der Waals surface area contributed by atoms with E-state index in [0.717, 1.165) is 45.9 Å². The minimum absolute atomic E-state index is 0.0527. The molecule has 1 atom stereocenters. The highest BCUT2D eigenvalue weighted by atomic mass is 19.1. The molecule has 1 aliphatic carbocycles. The lowest BCUT2D eigenvalue weighted by Gasteiger charge is -2.21. The standard InChI is InChI=1S/C56H49FN8O2/c1-65(56-62-49-22-12-11-20-46(49)54(64-56)59-41-28-30-51(66-2)52(34-41)67-3)31-13-21-43-42-17-8-7-16-37(42)32-47(45-19-10-9-18-44(43)45)38-23-29-50-48(33-38)53(58-35-36-14-5-4-6-15-36)63-55(61-50)60-40-26-24-39(57)25-27-40/h4-12,14-30,33-34,47H,13,31-32,35H2,1-3H3,(H,59,62,64)(H2,58,60,61,63)/b43-21+. The maximum atomic E-state index is 13.8. The molecule has 1 unspecified atom stereocenters. The average Bonchev–Trinajstić information content (AvgIpc) is 3.51. The molecule has 0 amide bonds. The molecule has 67 heavy (non-hydrogen) atoms. The van der Waals surface area contributed by atoms with Gasteiger partial charge in [0.2, 0.25) is 11.9 Å². The van der Waals surface area contributed by atoms with Gasteiger partial charge in [-0.1, -0.05) is 103 Å². The minimum Gasteiger partial charge on any atom is -0.493 e. The Balaban J connectivity index is 0.965. The van der Waals surface area contributed by atoms with E-state index in [2.05, 4.69) is 106 Å². The fraction of sp³-hybridized carbons (Fsp3) is 0.143. The molecule has 2 heterocycles. The first-order valence-corrected chi connectivity index (χ1v) is 22.4. The summed E-state index contributed by atoms with van der Waals surface area (Å²) in [6.07, 6.45) is 3.94. The lowest BCUT2D eigenvalue weighted by atomic mass is 9.84. The summed E-state index contributed by atoms with van der Waals surface area (Å²) in [6.45, 7) is 1.27. The van der Waals surface area contributed by atoms with Crippen LogP contribution in [0, 0.1) is 5.82 Å². The summed E-state index contributed by atoms with van der Waals surface area (Å²) < 4.78 is 24.8. The molecule has 3 N–H and O–H groups in total. The monoisotopic (exact) mass is 884 g/mol. The maximum Gasteiger partial charge on any atom is 0.229 e. The number of benzene rings is 7. The van der Waals surface area contributed by atoms with Crippen molar-refractivity contribution in [1.29, 1.82) is 0 Å². The largest absolute Gasteiger partial charge is 0.493 e. The third kappa shape index (κ3) is 9.17. The summed E-state index contributed by atoms with van der Waals surface area (Å²) in [5, 5.41) is 12.2. The molecule has 0 bridgehead atoms. The van der Waals surface area contributed by atoms with Crippen LogP contribution in [-0.2, 0) is 13.0 Å². The normalized spacial score (nSPS) is 13.7. The van der Waals surface area contributed by atoms with E-state index < -0.39 is 0 Å². The molecule has 1 aliphatic rings. The van der Waals surface area contributed by atoms with Crippen molar-refractivity contribution in [2.24, 2.45) is 0 Å². The van der Waals surface area contributed by atoms with E-state index in [9.17, 15) is 4.39 Å². The zero-order valence-electron chi connectivity index (χ0n) is 37.5. The molecule has 10 rings (SSSR count). The van der Waals surface area contributed by atoms with Crippen LogP contribution < -0.4 is 30.3 Å². The summed E-state index contributed by atoms with van der Waals surface area (Å²) in [7, 11) is 5.30. The van der Waals surface area contributed by atoms with Crippen molar-refractivity contribution in [3.05, 3.63) is 209 Å². The van der Waals surface area contributed by atoms with Gasteiger partial charge in [-0.05, 0) is 112 Å². The van der Waals surface area contributed by atoms with Crippen molar-refractivity contribution in [2.75, 3.05) is 48.7 Å². The SMILES string of the molecule is COc1ccc(Nc2nc(N(C)CC/C=C3\c4ccccc4CC(c4ccc5nc(Nc6ccc(F)cc6)nc(NCc6ccccc6)c5c4)c4ccccc43)nc3ccccc23)cc1OC. The molecule has 0 spiro atoms. The van der Waals surface area contributed by atoms with Gasteiger partial charge in [-0.25, -0.2) is 14.4 Å². The van der Waals surface area contributed by atoms with Crippen molar-refractivity contribution in [1.82, 2.24) is 19.9 Å². The first kappa shape index (κ1) is 42.6. The number of methoxy groups -OCH3 is 2. The number of hydrogen-bond donors (Lipinski definition) is 3. The van der Waals surface area contributed by atoms with Crippen LogP contribution >= 0.6 is 0 Å². The number of para-hydroxylation sites is 1. The summed E-state index contributed by atoms with van der Waals surface area (Å²) in [5.41, 5.74) is 11.7. The number of anilines is 6. The van der Waals surface area contributed by atoms with Gasteiger partial charge in [-0.3, -0.25) is 0 Å². The Morgan fingerprint density at radius 2 is 1.37 bits per heavy atom. The van der Waals surface area contributed by atoms with E-state index in [-0.39, 0.29) is 11.7 Å². The third-order valence-electron chi connectivity index (χ3n) is 12.3.